The van der Waals surface area contributed by atoms with E-state index in [9.17, 15) is 8.78 Å². The predicted molar refractivity (Wildman–Crippen MR) is 43.6 cm³/mol. The molecule has 0 heterocycles. The molecule has 0 fully saturated rings. The molecule has 12 heavy (non-hydrogen) atoms. The van der Waals surface area contributed by atoms with Crippen LogP contribution in [0.25, 0.3) is 0 Å². The highest BCUT2D eigenvalue weighted by molar-refractivity contribution is 6.33. The van der Waals surface area contributed by atoms with Crippen molar-refractivity contribution in [2.75, 3.05) is 0 Å². The van der Waals surface area contributed by atoms with E-state index in [0.717, 1.165) is 16.1 Å². The molecule has 1 aromatic rings. The molecule has 0 N–H and O–H groups in total. The summed E-state index contributed by atoms with van der Waals surface area (Å²) in [6.07, 6.45) is 0. The Hall–Kier alpha value is -0.380. The molecule has 0 unspecified atom stereocenters. The number of hydrogen-bond donors (Lipinski definition) is 0. The van der Waals surface area contributed by atoms with Gasteiger partial charge in [-0.15, -0.1) is 3.94 Å². The zero-order chi connectivity index (χ0) is 9.14. The summed E-state index contributed by atoms with van der Waals surface area (Å²) >= 11 is 10.6. The Balaban J connectivity index is 2.82. The highest BCUT2D eigenvalue weighted by atomic mass is 35.5. The first kappa shape index (κ1) is 9.71. The Bertz CT molecular complexity index is 278. The van der Waals surface area contributed by atoms with Crippen LogP contribution in [0.1, 0.15) is 5.56 Å². The van der Waals surface area contributed by atoms with Gasteiger partial charge in [-0.2, -0.15) is 0 Å². The van der Waals surface area contributed by atoms with Crippen LogP contribution >= 0.6 is 23.6 Å². The normalized spacial score (nSPS) is 10.8. The van der Waals surface area contributed by atoms with Crippen molar-refractivity contribution in [1.29, 1.82) is 0 Å². The molecule has 0 aliphatic rings. The second kappa shape index (κ2) is 4.03. The van der Waals surface area contributed by atoms with Gasteiger partial charge in [0, 0.05) is 0 Å². The first-order valence-electron chi connectivity index (χ1n) is 3.12. The summed E-state index contributed by atoms with van der Waals surface area (Å²) in [5, 5.41) is 0. The van der Waals surface area contributed by atoms with Crippen LogP contribution < -0.4 is 0 Å². The standard InChI is InChI=1S/C7H5Cl2F2N/c8-12(9)4-5-1-2-6(10)7(11)3-5/h1-3H,4H2. The Morgan fingerprint density at radius 1 is 1.17 bits per heavy atom. The van der Waals surface area contributed by atoms with Gasteiger partial charge < -0.3 is 0 Å². The van der Waals surface area contributed by atoms with Crippen LogP contribution in [0, 0.1) is 11.6 Å². The summed E-state index contributed by atoms with van der Waals surface area (Å²) in [6.45, 7) is 0.153. The zero-order valence-corrected chi connectivity index (χ0v) is 7.41. The first-order chi connectivity index (χ1) is 5.59. The van der Waals surface area contributed by atoms with Crippen molar-refractivity contribution in [3.8, 4) is 0 Å². The minimum atomic E-state index is -0.900. The molecule has 0 saturated heterocycles. The molecular formula is C7H5Cl2F2N. The molecule has 5 heteroatoms. The average molecular weight is 212 g/mol. The highest BCUT2D eigenvalue weighted by Crippen LogP contribution is 2.12. The molecule has 1 rings (SSSR count). The second-order valence-electron chi connectivity index (χ2n) is 2.21. The maximum atomic E-state index is 12.5. The Labute approximate surface area is 78.7 Å². The van der Waals surface area contributed by atoms with Gasteiger partial charge >= 0.3 is 0 Å². The number of halogens is 4. The van der Waals surface area contributed by atoms with Crippen LogP contribution in [0.5, 0.6) is 0 Å². The van der Waals surface area contributed by atoms with Crippen molar-refractivity contribution in [3.63, 3.8) is 0 Å². The predicted octanol–water partition coefficient (Wildman–Crippen LogP) is 3.07. The SMILES string of the molecule is Fc1ccc(CN(Cl)Cl)cc1F. The van der Waals surface area contributed by atoms with Gasteiger partial charge in [-0.3, -0.25) is 0 Å². The molecule has 0 saturated carbocycles. The van der Waals surface area contributed by atoms with E-state index in [1.165, 1.54) is 6.07 Å². The number of nitrogens with zero attached hydrogens (tertiary/aromatic N) is 1. The van der Waals surface area contributed by atoms with Crippen LogP contribution in [0.2, 0.25) is 0 Å². The van der Waals surface area contributed by atoms with E-state index < -0.39 is 11.6 Å². The van der Waals surface area contributed by atoms with Gasteiger partial charge in [0.05, 0.1) is 6.54 Å². The van der Waals surface area contributed by atoms with Gasteiger partial charge in [0.2, 0.25) is 0 Å². The molecule has 1 nitrogen and oxygen atoms in total. The first-order valence-corrected chi connectivity index (χ1v) is 3.80. The highest BCUT2D eigenvalue weighted by Gasteiger charge is 2.04. The molecular weight excluding hydrogens is 207 g/mol. The average Bonchev–Trinajstić information content (AvgIpc) is 1.96. The smallest absolute Gasteiger partial charge is 0.159 e. The molecule has 0 aliphatic heterocycles. The van der Waals surface area contributed by atoms with Crippen LogP contribution in [0.3, 0.4) is 0 Å². The van der Waals surface area contributed by atoms with Crippen LogP contribution in [0.15, 0.2) is 18.2 Å². The van der Waals surface area contributed by atoms with Crippen molar-refractivity contribution in [1.82, 2.24) is 3.94 Å². The van der Waals surface area contributed by atoms with Gasteiger partial charge in [-0.25, -0.2) is 8.78 Å². The van der Waals surface area contributed by atoms with Gasteiger partial charge in [0.25, 0.3) is 0 Å². The molecule has 0 spiro atoms. The monoisotopic (exact) mass is 211 g/mol. The quantitative estimate of drug-likeness (QED) is 0.681. The van der Waals surface area contributed by atoms with E-state index in [2.05, 4.69) is 0 Å². The Kier molecular flexibility index (Phi) is 3.26. The van der Waals surface area contributed by atoms with Crippen LogP contribution in [-0.4, -0.2) is 3.94 Å². The lowest BCUT2D eigenvalue weighted by Crippen LogP contribution is -1.98. The molecule has 66 valence electrons. The van der Waals surface area contributed by atoms with E-state index in [1.54, 1.807) is 0 Å². The fourth-order valence-electron chi connectivity index (χ4n) is 0.776. The summed E-state index contributed by atoms with van der Waals surface area (Å²) in [4.78, 5) is 0. The third kappa shape index (κ3) is 2.59. The minimum absolute atomic E-state index is 0.153. The van der Waals surface area contributed by atoms with Crippen molar-refractivity contribution in [2.24, 2.45) is 0 Å². The zero-order valence-electron chi connectivity index (χ0n) is 5.90. The maximum absolute atomic E-state index is 12.5. The lowest BCUT2D eigenvalue weighted by atomic mass is 10.2. The molecule has 0 amide bonds. The molecule has 0 aliphatic carbocycles. The second-order valence-corrected chi connectivity index (χ2v) is 3.20. The largest absolute Gasteiger partial charge is 0.204 e. The summed E-state index contributed by atoms with van der Waals surface area (Å²) in [5.74, 6) is -1.78. The third-order valence-electron chi connectivity index (χ3n) is 1.29. The fourth-order valence-corrected chi connectivity index (χ4v) is 1.05. The summed E-state index contributed by atoms with van der Waals surface area (Å²) < 4.78 is 25.8. The van der Waals surface area contributed by atoms with E-state index >= 15 is 0 Å². The van der Waals surface area contributed by atoms with Gasteiger partial charge in [0.15, 0.2) is 11.6 Å². The molecule has 0 atom stereocenters. The molecule has 1 aromatic carbocycles. The van der Waals surface area contributed by atoms with Crippen molar-refractivity contribution < 1.29 is 8.78 Å². The summed E-state index contributed by atoms with van der Waals surface area (Å²) in [7, 11) is 0. The minimum Gasteiger partial charge on any atom is -0.204 e. The number of hydrogen-bond acceptors (Lipinski definition) is 1. The third-order valence-corrected chi connectivity index (χ3v) is 1.53. The molecule has 0 aromatic heterocycles. The van der Waals surface area contributed by atoms with Crippen LogP contribution in [0.4, 0.5) is 8.78 Å². The lowest BCUT2D eigenvalue weighted by molar-refractivity contribution is 0.505. The van der Waals surface area contributed by atoms with Crippen LogP contribution in [-0.2, 0) is 6.54 Å². The molecule has 0 radical (unpaired) electrons. The number of rotatable bonds is 2. The molecule has 0 bridgehead atoms. The lowest BCUT2D eigenvalue weighted by Gasteiger charge is -2.03. The maximum Gasteiger partial charge on any atom is 0.159 e. The summed E-state index contributed by atoms with van der Waals surface area (Å²) in [6, 6.07) is 3.49. The van der Waals surface area contributed by atoms with Gasteiger partial charge in [-0.1, -0.05) is 6.07 Å². The van der Waals surface area contributed by atoms with E-state index in [0.29, 0.717) is 5.56 Å². The van der Waals surface area contributed by atoms with E-state index in [1.807, 2.05) is 0 Å². The van der Waals surface area contributed by atoms with Crippen molar-refractivity contribution in [2.45, 2.75) is 6.54 Å². The fraction of sp³-hybridized carbons (Fsp3) is 0.143. The number of benzene rings is 1. The van der Waals surface area contributed by atoms with E-state index in [-0.39, 0.29) is 6.54 Å². The Morgan fingerprint density at radius 2 is 1.83 bits per heavy atom. The summed E-state index contributed by atoms with van der Waals surface area (Å²) in [5.41, 5.74) is 0.513. The Morgan fingerprint density at radius 3 is 2.33 bits per heavy atom. The van der Waals surface area contributed by atoms with Gasteiger partial charge in [0.1, 0.15) is 0 Å². The van der Waals surface area contributed by atoms with Gasteiger partial charge in [-0.05, 0) is 41.2 Å². The van der Waals surface area contributed by atoms with E-state index in [4.69, 9.17) is 23.6 Å². The topological polar surface area (TPSA) is 3.24 Å². The van der Waals surface area contributed by atoms with Crippen molar-refractivity contribution in [3.05, 3.63) is 35.4 Å². The van der Waals surface area contributed by atoms with Crippen molar-refractivity contribution >= 4 is 23.6 Å².